The molecule has 0 aliphatic carbocycles. The van der Waals surface area contributed by atoms with Crippen LogP contribution in [-0.2, 0) is 19.6 Å². The quantitative estimate of drug-likeness (QED) is 0.639. The van der Waals surface area contributed by atoms with Gasteiger partial charge in [-0.3, -0.25) is 9.59 Å². The third kappa shape index (κ3) is 4.59. The Balaban J connectivity index is 3.16. The molecule has 1 atom stereocenters. The molecule has 0 saturated heterocycles. The zero-order valence-corrected chi connectivity index (χ0v) is 12.4. The molecule has 1 aromatic rings. The topological polar surface area (TPSA) is 136 Å². The number of carbonyl (C=O) groups is 2. The number of carbonyl (C=O) groups excluding carboxylic acids is 1. The summed E-state index contributed by atoms with van der Waals surface area (Å²) in [6.45, 7) is 0. The summed E-state index contributed by atoms with van der Waals surface area (Å²) in [5.41, 5.74) is 4.89. The lowest BCUT2D eigenvalue weighted by Crippen LogP contribution is -2.43. The van der Waals surface area contributed by atoms with E-state index in [2.05, 4.69) is 0 Å². The summed E-state index contributed by atoms with van der Waals surface area (Å²) < 4.78 is 31.1. The molecule has 1 aromatic carbocycles. The molecule has 1 amide bonds. The average molecular weight is 337 g/mol. The third-order valence-corrected chi connectivity index (χ3v) is 4.16. The summed E-state index contributed by atoms with van der Waals surface area (Å²) in [7, 11) is -2.99. The lowest BCUT2D eigenvalue weighted by molar-refractivity contribution is -0.140. The Hall–Kier alpha value is -1.84. The fourth-order valence-corrected chi connectivity index (χ4v) is 3.00. The molecule has 0 spiro atoms. The minimum Gasteiger partial charge on any atom is -0.495 e. The molecule has 0 heterocycles. The highest BCUT2D eigenvalue weighted by Crippen LogP contribution is 2.27. The van der Waals surface area contributed by atoms with E-state index >= 15 is 0 Å². The number of sulfonamides is 1. The number of hydrogen-bond acceptors (Lipinski definition) is 5. The maximum atomic E-state index is 12.2. The van der Waals surface area contributed by atoms with Crippen LogP contribution in [0.2, 0.25) is 5.02 Å². The van der Waals surface area contributed by atoms with Gasteiger partial charge in [-0.05, 0) is 12.1 Å². The maximum Gasteiger partial charge on any atom is 0.322 e. The molecule has 0 aliphatic heterocycles. The van der Waals surface area contributed by atoms with Crippen LogP contribution in [0.25, 0.3) is 0 Å². The number of nitrogens with one attached hydrogen (secondary N) is 1. The van der Waals surface area contributed by atoms with Crippen molar-refractivity contribution in [3.63, 3.8) is 0 Å². The van der Waals surface area contributed by atoms with Crippen molar-refractivity contribution in [2.75, 3.05) is 7.11 Å². The van der Waals surface area contributed by atoms with E-state index in [1.54, 1.807) is 0 Å². The summed E-state index contributed by atoms with van der Waals surface area (Å²) >= 11 is 5.72. The second-order valence-corrected chi connectivity index (χ2v) is 6.10. The van der Waals surface area contributed by atoms with Crippen molar-refractivity contribution < 1.29 is 27.9 Å². The second-order valence-electron chi connectivity index (χ2n) is 3.98. The number of carboxylic acids is 1. The average Bonchev–Trinajstić information content (AvgIpc) is 2.36. The van der Waals surface area contributed by atoms with Crippen molar-refractivity contribution in [1.82, 2.24) is 4.72 Å². The first-order chi connectivity index (χ1) is 9.67. The number of halogens is 1. The van der Waals surface area contributed by atoms with Gasteiger partial charge >= 0.3 is 5.97 Å². The summed E-state index contributed by atoms with van der Waals surface area (Å²) in [6, 6.07) is 2.06. The van der Waals surface area contributed by atoms with Crippen LogP contribution >= 0.6 is 11.6 Å². The molecule has 21 heavy (non-hydrogen) atoms. The fraction of sp³-hybridized carbons (Fsp3) is 0.273. The zero-order valence-electron chi connectivity index (χ0n) is 10.9. The minimum atomic E-state index is -4.23. The fourth-order valence-electron chi connectivity index (χ4n) is 1.49. The van der Waals surface area contributed by atoms with E-state index in [-0.39, 0.29) is 15.7 Å². The Bertz CT molecular complexity index is 661. The number of methoxy groups -OCH3 is 1. The van der Waals surface area contributed by atoms with Crippen LogP contribution < -0.4 is 15.2 Å². The molecule has 0 aliphatic rings. The van der Waals surface area contributed by atoms with Gasteiger partial charge in [0.25, 0.3) is 0 Å². The molecule has 116 valence electrons. The lowest BCUT2D eigenvalue weighted by atomic mass is 10.2. The lowest BCUT2D eigenvalue weighted by Gasteiger charge is -2.15. The zero-order chi connectivity index (χ0) is 16.2. The molecule has 0 bridgehead atoms. The minimum absolute atomic E-state index is 0.0572. The number of hydrogen-bond donors (Lipinski definition) is 3. The molecule has 1 rings (SSSR count). The largest absolute Gasteiger partial charge is 0.495 e. The molecular weight excluding hydrogens is 324 g/mol. The summed E-state index contributed by atoms with van der Waals surface area (Å²) in [4.78, 5) is 21.5. The second kappa shape index (κ2) is 6.74. The van der Waals surface area contributed by atoms with Gasteiger partial charge < -0.3 is 15.6 Å². The first-order valence-corrected chi connectivity index (χ1v) is 7.40. The normalized spacial score (nSPS) is 12.7. The van der Waals surface area contributed by atoms with Crippen LogP contribution in [0.3, 0.4) is 0 Å². The molecule has 0 unspecified atom stereocenters. The van der Waals surface area contributed by atoms with E-state index in [4.69, 9.17) is 27.2 Å². The number of ether oxygens (including phenoxy) is 1. The van der Waals surface area contributed by atoms with Gasteiger partial charge in [-0.25, -0.2) is 8.42 Å². The Morgan fingerprint density at radius 3 is 2.57 bits per heavy atom. The Morgan fingerprint density at radius 1 is 1.48 bits per heavy atom. The number of nitrogens with two attached hydrogens (primary N) is 1. The highest BCUT2D eigenvalue weighted by Gasteiger charge is 2.28. The summed E-state index contributed by atoms with van der Waals surface area (Å²) in [5.74, 6) is -2.53. The number of carboxylic acid groups (broad SMARTS) is 1. The van der Waals surface area contributed by atoms with Crippen molar-refractivity contribution >= 4 is 33.5 Å². The highest BCUT2D eigenvalue weighted by atomic mass is 35.5. The van der Waals surface area contributed by atoms with Gasteiger partial charge in [0.2, 0.25) is 15.9 Å². The number of aliphatic carboxylic acids is 1. The van der Waals surface area contributed by atoms with Crippen LogP contribution in [0.15, 0.2) is 23.1 Å². The molecule has 4 N–H and O–H groups in total. The molecule has 0 saturated carbocycles. The van der Waals surface area contributed by atoms with E-state index in [0.717, 1.165) is 6.07 Å². The van der Waals surface area contributed by atoms with E-state index in [1.807, 2.05) is 4.72 Å². The first kappa shape index (κ1) is 17.2. The van der Waals surface area contributed by atoms with Gasteiger partial charge in [0, 0.05) is 11.1 Å². The predicted octanol–water partition coefficient (Wildman–Crippen LogP) is -0.0445. The number of benzene rings is 1. The van der Waals surface area contributed by atoms with Gasteiger partial charge in [0.15, 0.2) is 0 Å². The van der Waals surface area contributed by atoms with Crippen molar-refractivity contribution in [3.8, 4) is 5.75 Å². The van der Waals surface area contributed by atoms with Gasteiger partial charge in [0.05, 0.1) is 13.5 Å². The van der Waals surface area contributed by atoms with Crippen molar-refractivity contribution in [2.45, 2.75) is 17.4 Å². The van der Waals surface area contributed by atoms with Crippen molar-refractivity contribution in [1.29, 1.82) is 0 Å². The Morgan fingerprint density at radius 2 is 2.10 bits per heavy atom. The van der Waals surface area contributed by atoms with Crippen LogP contribution in [0.1, 0.15) is 6.42 Å². The van der Waals surface area contributed by atoms with Crippen molar-refractivity contribution in [2.24, 2.45) is 5.73 Å². The number of amides is 1. The molecule has 10 heteroatoms. The SMILES string of the molecule is COc1cc(Cl)ccc1S(=O)(=O)N[C@@H](CC(N)=O)C(=O)O. The first-order valence-electron chi connectivity index (χ1n) is 5.54. The molecule has 0 aromatic heterocycles. The molecule has 0 radical (unpaired) electrons. The molecule has 8 nitrogen and oxygen atoms in total. The predicted molar refractivity (Wildman–Crippen MR) is 73.6 cm³/mol. The summed E-state index contributed by atoms with van der Waals surface area (Å²) in [6.07, 6.45) is -0.676. The summed E-state index contributed by atoms with van der Waals surface area (Å²) in [5, 5.41) is 9.16. The molecular formula is C11H13ClN2O6S. The maximum absolute atomic E-state index is 12.2. The monoisotopic (exact) mass is 336 g/mol. The van der Waals surface area contributed by atoms with Gasteiger partial charge in [0.1, 0.15) is 16.7 Å². The highest BCUT2D eigenvalue weighted by molar-refractivity contribution is 7.89. The van der Waals surface area contributed by atoms with Crippen LogP contribution in [0, 0.1) is 0 Å². The van der Waals surface area contributed by atoms with E-state index in [1.165, 1.54) is 19.2 Å². The van der Waals surface area contributed by atoms with E-state index in [0.29, 0.717) is 0 Å². The van der Waals surface area contributed by atoms with E-state index in [9.17, 15) is 18.0 Å². The van der Waals surface area contributed by atoms with E-state index < -0.39 is 34.4 Å². The van der Waals surface area contributed by atoms with Gasteiger partial charge in [-0.2, -0.15) is 4.72 Å². The number of primary amides is 1. The third-order valence-electron chi connectivity index (χ3n) is 2.42. The van der Waals surface area contributed by atoms with Crippen LogP contribution in [0.5, 0.6) is 5.75 Å². The van der Waals surface area contributed by atoms with Crippen LogP contribution in [0.4, 0.5) is 0 Å². The Labute approximate surface area is 125 Å². The Kier molecular flexibility index (Phi) is 5.53. The standard InChI is InChI=1S/C11H13ClN2O6S/c1-20-8-4-6(12)2-3-9(8)21(18,19)14-7(11(16)17)5-10(13)15/h2-4,7,14H,5H2,1H3,(H2,13,15)(H,16,17)/t7-/m0/s1. The van der Waals surface area contributed by atoms with Gasteiger partial charge in [-0.1, -0.05) is 11.6 Å². The smallest absolute Gasteiger partial charge is 0.322 e. The van der Waals surface area contributed by atoms with Crippen molar-refractivity contribution in [3.05, 3.63) is 23.2 Å². The van der Waals surface area contributed by atoms with Crippen LogP contribution in [-0.4, -0.2) is 38.6 Å². The molecule has 0 fully saturated rings. The number of rotatable bonds is 7. The van der Waals surface area contributed by atoms with Gasteiger partial charge in [-0.15, -0.1) is 0 Å².